The third-order valence-corrected chi connectivity index (χ3v) is 1.51. The summed E-state index contributed by atoms with van der Waals surface area (Å²) in [5, 5.41) is 51.8. The zero-order chi connectivity index (χ0) is 10.6. The van der Waals surface area contributed by atoms with Crippen molar-refractivity contribution in [3.63, 3.8) is 0 Å². The van der Waals surface area contributed by atoms with Crippen LogP contribution >= 0.6 is 12.4 Å². The van der Waals surface area contributed by atoms with Crippen LogP contribution in [-0.4, -0.2) is 105 Å². The summed E-state index contributed by atoms with van der Waals surface area (Å²) in [5.41, 5.74) is 0. The van der Waals surface area contributed by atoms with Gasteiger partial charge in [0.15, 0.2) is 6.10 Å². The van der Waals surface area contributed by atoms with Crippen LogP contribution in [0.25, 0.3) is 0 Å². The van der Waals surface area contributed by atoms with E-state index in [1.807, 2.05) is 0 Å². The van der Waals surface area contributed by atoms with E-state index in [9.17, 15) is 4.79 Å². The molecule has 0 amide bonds. The summed E-state index contributed by atoms with van der Waals surface area (Å²) in [6, 6.07) is 0. The molecule has 0 saturated carbocycles. The van der Waals surface area contributed by atoms with Crippen LogP contribution in [-0.2, 0) is 4.79 Å². The number of halogens is 1. The number of aliphatic carboxylic acids is 1. The van der Waals surface area contributed by atoms with Gasteiger partial charge in [-0.15, -0.1) is 12.4 Å². The smallest absolute Gasteiger partial charge is 1.00 e. The van der Waals surface area contributed by atoms with Crippen LogP contribution < -0.4 is 29.6 Å². The summed E-state index contributed by atoms with van der Waals surface area (Å²) >= 11 is 0. The number of carboxylic acids is 1. The molecular formula is C6H16CaClNaO7. The van der Waals surface area contributed by atoms with Crippen LogP contribution in [0.3, 0.4) is 0 Å². The van der Waals surface area contributed by atoms with Crippen LogP contribution in [0.4, 0.5) is 0 Å². The topological polar surface area (TPSA) is 138 Å². The molecular weight excluding hydrogens is 283 g/mol. The minimum atomic E-state index is -2.20. The van der Waals surface area contributed by atoms with E-state index < -0.39 is 37.0 Å². The maximum absolute atomic E-state index is 10.1. The summed E-state index contributed by atoms with van der Waals surface area (Å²) in [5.74, 6) is -1.73. The van der Waals surface area contributed by atoms with Gasteiger partial charge in [0, 0.05) is 0 Å². The van der Waals surface area contributed by atoms with Gasteiger partial charge in [-0.3, -0.25) is 0 Å². The summed E-state index contributed by atoms with van der Waals surface area (Å²) in [4.78, 5) is 10.1. The molecule has 0 aromatic carbocycles. The molecule has 0 spiro atoms. The molecule has 0 heterocycles. The van der Waals surface area contributed by atoms with Crippen molar-refractivity contribution in [1.82, 2.24) is 0 Å². The quantitative estimate of drug-likeness (QED) is 0.278. The Labute approximate surface area is 155 Å². The Morgan fingerprint density at radius 1 is 1.12 bits per heavy atom. The minimum Gasteiger partial charge on any atom is -1.00 e. The van der Waals surface area contributed by atoms with Crippen molar-refractivity contribution in [2.45, 2.75) is 24.4 Å². The Morgan fingerprint density at radius 2 is 1.50 bits per heavy atom. The number of hydrogen-bond acceptors (Lipinski definition) is 6. The van der Waals surface area contributed by atoms with Gasteiger partial charge in [0.05, 0.1) is 6.61 Å². The molecule has 0 aromatic heterocycles. The predicted molar refractivity (Wildman–Crippen MR) is 55.1 cm³/mol. The molecule has 4 unspecified atom stereocenters. The molecule has 0 aliphatic carbocycles. The first-order chi connectivity index (χ1) is 5.91. The fourth-order valence-corrected chi connectivity index (χ4v) is 0.668. The SMILES string of the molecule is Cl.O=C(O)C(O)C(O)C(O)C(O)CO.[Ca+2].[H-].[H-].[H-].[Na+]. The van der Waals surface area contributed by atoms with Crippen molar-refractivity contribution < 1.29 is 69.3 Å². The molecule has 0 rings (SSSR count). The van der Waals surface area contributed by atoms with Crippen molar-refractivity contribution in [3.05, 3.63) is 0 Å². The number of hydrogen-bond donors (Lipinski definition) is 6. The van der Waals surface area contributed by atoms with Gasteiger partial charge in [0.25, 0.3) is 0 Å². The van der Waals surface area contributed by atoms with E-state index in [4.69, 9.17) is 30.6 Å². The fraction of sp³-hybridized carbons (Fsp3) is 0.833. The maximum Gasteiger partial charge on any atom is 2.00 e. The van der Waals surface area contributed by atoms with Crippen LogP contribution in [0.1, 0.15) is 4.28 Å². The third kappa shape index (κ3) is 8.84. The molecule has 7 nitrogen and oxygen atoms in total. The molecule has 6 N–H and O–H groups in total. The Balaban J connectivity index is -0.0000000480. The summed E-state index contributed by atoms with van der Waals surface area (Å²) in [7, 11) is 0. The second kappa shape index (κ2) is 13.3. The molecule has 0 radical (unpaired) electrons. The van der Waals surface area contributed by atoms with E-state index in [-0.39, 0.29) is 84.0 Å². The van der Waals surface area contributed by atoms with E-state index >= 15 is 0 Å². The van der Waals surface area contributed by atoms with Gasteiger partial charge < -0.3 is 34.9 Å². The number of carboxylic acid groups (broad SMARTS) is 1. The van der Waals surface area contributed by atoms with Crippen molar-refractivity contribution in [3.8, 4) is 0 Å². The number of aliphatic hydroxyl groups is 5. The second-order valence-electron chi connectivity index (χ2n) is 2.51. The first kappa shape index (κ1) is 26.4. The normalized spacial score (nSPS) is 16.6. The molecule has 10 heteroatoms. The van der Waals surface area contributed by atoms with Gasteiger partial charge in [-0.1, -0.05) is 0 Å². The molecule has 0 aliphatic heterocycles. The van der Waals surface area contributed by atoms with E-state index in [1.165, 1.54) is 0 Å². The van der Waals surface area contributed by atoms with Crippen LogP contribution in [0.15, 0.2) is 0 Å². The summed E-state index contributed by atoms with van der Waals surface area (Å²) < 4.78 is 0. The largest absolute Gasteiger partial charge is 2.00 e. The number of aliphatic hydroxyl groups excluding tert-OH is 5. The third-order valence-electron chi connectivity index (χ3n) is 1.51. The van der Waals surface area contributed by atoms with Crippen molar-refractivity contribution in [1.29, 1.82) is 0 Å². The Bertz CT molecular complexity index is 198. The van der Waals surface area contributed by atoms with Crippen LogP contribution in [0, 0.1) is 0 Å². The molecule has 4 atom stereocenters. The average molecular weight is 299 g/mol. The summed E-state index contributed by atoms with van der Waals surface area (Å²) in [6.07, 6.45) is -7.84. The molecule has 0 bridgehead atoms. The zero-order valence-corrected chi connectivity index (χ0v) is 13.7. The summed E-state index contributed by atoms with van der Waals surface area (Å²) in [6.45, 7) is -0.843. The molecule has 0 saturated heterocycles. The molecule has 0 fully saturated rings. The Hall–Kier alpha value is 1.82. The van der Waals surface area contributed by atoms with Gasteiger partial charge in [-0.05, 0) is 0 Å². The van der Waals surface area contributed by atoms with Crippen molar-refractivity contribution >= 4 is 56.1 Å². The van der Waals surface area contributed by atoms with Gasteiger partial charge in [-0.25, -0.2) is 4.79 Å². The van der Waals surface area contributed by atoms with Gasteiger partial charge >= 0.3 is 73.3 Å². The molecule has 92 valence electrons. The van der Waals surface area contributed by atoms with Crippen molar-refractivity contribution in [2.75, 3.05) is 6.61 Å². The van der Waals surface area contributed by atoms with E-state index in [2.05, 4.69) is 0 Å². The van der Waals surface area contributed by atoms with Crippen molar-refractivity contribution in [2.24, 2.45) is 0 Å². The number of carbonyl (C=O) groups is 1. The first-order valence-electron chi connectivity index (χ1n) is 3.47. The first-order valence-corrected chi connectivity index (χ1v) is 3.47. The van der Waals surface area contributed by atoms with Crippen LogP contribution in [0.2, 0.25) is 0 Å². The standard InChI is InChI=1S/C6H12O7.Ca.ClH.Na.3H/c7-1-2(8)3(9)4(10)5(11)6(12)13;;;;;;/h2-5,7-11H,1H2,(H,12,13);;1H;;;;/q;+2;;+1;3*-1. The molecule has 0 aromatic rings. The fourth-order valence-electron chi connectivity index (χ4n) is 0.668. The van der Waals surface area contributed by atoms with E-state index in [1.54, 1.807) is 0 Å². The number of rotatable bonds is 5. The average Bonchev–Trinajstić information content (AvgIpc) is 2.12. The van der Waals surface area contributed by atoms with Gasteiger partial charge in [0.1, 0.15) is 18.3 Å². The Kier molecular flexibility index (Phi) is 21.9. The van der Waals surface area contributed by atoms with Gasteiger partial charge in [-0.2, -0.15) is 0 Å². The predicted octanol–water partition coefficient (Wildman–Crippen LogP) is -6.11. The molecule has 16 heavy (non-hydrogen) atoms. The maximum atomic E-state index is 10.1. The van der Waals surface area contributed by atoms with Gasteiger partial charge in [0.2, 0.25) is 0 Å². The zero-order valence-electron chi connectivity index (χ0n) is 11.7. The second-order valence-corrected chi connectivity index (χ2v) is 2.51. The van der Waals surface area contributed by atoms with Crippen LogP contribution in [0.5, 0.6) is 0 Å². The monoisotopic (exact) mass is 298 g/mol. The minimum absolute atomic E-state index is 0. The molecule has 0 aliphatic rings. The Morgan fingerprint density at radius 3 is 1.75 bits per heavy atom. The van der Waals surface area contributed by atoms with E-state index in [0.717, 1.165) is 0 Å². The van der Waals surface area contributed by atoms with E-state index in [0.29, 0.717) is 0 Å².